The van der Waals surface area contributed by atoms with E-state index in [-0.39, 0.29) is 0 Å². The van der Waals surface area contributed by atoms with Crippen molar-refractivity contribution in [1.29, 1.82) is 0 Å². The summed E-state index contributed by atoms with van der Waals surface area (Å²) in [5.74, 6) is 1.56. The molecule has 0 amide bonds. The van der Waals surface area contributed by atoms with Crippen LogP contribution in [0.15, 0.2) is 53.0 Å². The summed E-state index contributed by atoms with van der Waals surface area (Å²) in [6.07, 6.45) is 1.05. The Bertz CT molecular complexity index is 1090. The summed E-state index contributed by atoms with van der Waals surface area (Å²) in [5.41, 5.74) is 2.90. The first-order valence-electron chi connectivity index (χ1n) is 9.05. The van der Waals surface area contributed by atoms with Gasteiger partial charge in [-0.05, 0) is 61.2 Å². The van der Waals surface area contributed by atoms with Crippen LogP contribution in [0.4, 0.5) is 5.82 Å². The predicted octanol–water partition coefficient (Wildman–Crippen LogP) is 4.90. The molecular weight excluding hydrogens is 402 g/mol. The number of anilines is 1. The molecule has 2 N–H and O–H groups in total. The third kappa shape index (κ3) is 3.68. The summed E-state index contributed by atoms with van der Waals surface area (Å²) in [7, 11) is 4.18. The number of rotatable bonds is 6. The van der Waals surface area contributed by atoms with E-state index in [2.05, 4.69) is 63.4 Å². The van der Waals surface area contributed by atoms with E-state index >= 15 is 0 Å². The highest BCUT2D eigenvalue weighted by atomic mass is 79.9. The highest BCUT2D eigenvalue weighted by Gasteiger charge is 2.15. The zero-order valence-corrected chi connectivity index (χ0v) is 17.0. The number of hydrogen-bond acceptors (Lipinski definition) is 4. The second-order valence-corrected chi connectivity index (χ2v) is 7.65. The molecule has 2 heterocycles. The molecule has 0 radical (unpaired) electrons. The molecule has 138 valence electrons. The second-order valence-electron chi connectivity index (χ2n) is 6.86. The first-order chi connectivity index (χ1) is 13.1. The maximum atomic E-state index is 4.85. The van der Waals surface area contributed by atoms with E-state index < -0.39 is 0 Å². The Morgan fingerprint density at radius 3 is 2.52 bits per heavy atom. The first kappa shape index (κ1) is 17.9. The topological polar surface area (TPSA) is 56.8 Å². The van der Waals surface area contributed by atoms with Gasteiger partial charge in [-0.1, -0.05) is 30.3 Å². The van der Waals surface area contributed by atoms with Gasteiger partial charge in [-0.2, -0.15) is 0 Å². The molecule has 0 fully saturated rings. The Labute approximate surface area is 167 Å². The van der Waals surface area contributed by atoms with Crippen LogP contribution in [0.5, 0.6) is 0 Å². The van der Waals surface area contributed by atoms with E-state index in [4.69, 9.17) is 9.97 Å². The van der Waals surface area contributed by atoms with Gasteiger partial charge in [0.2, 0.25) is 0 Å². The van der Waals surface area contributed by atoms with Crippen LogP contribution < -0.4 is 5.32 Å². The molecule has 0 saturated heterocycles. The van der Waals surface area contributed by atoms with Crippen LogP contribution in [-0.4, -0.2) is 47.0 Å². The van der Waals surface area contributed by atoms with E-state index in [1.165, 1.54) is 0 Å². The van der Waals surface area contributed by atoms with Gasteiger partial charge in [0.1, 0.15) is 5.82 Å². The summed E-state index contributed by atoms with van der Waals surface area (Å²) in [4.78, 5) is 15.3. The molecule has 2 aromatic heterocycles. The molecule has 0 aliphatic rings. The van der Waals surface area contributed by atoms with Crippen LogP contribution >= 0.6 is 15.9 Å². The highest BCUT2D eigenvalue weighted by Crippen LogP contribution is 2.34. The van der Waals surface area contributed by atoms with Crippen molar-refractivity contribution in [1.82, 2.24) is 19.9 Å². The minimum Gasteiger partial charge on any atom is -0.369 e. The zero-order valence-electron chi connectivity index (χ0n) is 15.5. The van der Waals surface area contributed by atoms with Gasteiger partial charge in [0.25, 0.3) is 0 Å². The van der Waals surface area contributed by atoms with Crippen molar-refractivity contribution < 1.29 is 0 Å². The van der Waals surface area contributed by atoms with Crippen LogP contribution in [0.1, 0.15) is 6.42 Å². The Balaban J connectivity index is 1.75. The first-order valence-corrected chi connectivity index (χ1v) is 9.85. The van der Waals surface area contributed by atoms with Gasteiger partial charge in [-0.25, -0.2) is 9.97 Å². The van der Waals surface area contributed by atoms with E-state index in [1.807, 2.05) is 30.3 Å². The predicted molar refractivity (Wildman–Crippen MR) is 116 cm³/mol. The number of hydrogen-bond donors (Lipinski definition) is 2. The maximum Gasteiger partial charge on any atom is 0.179 e. The van der Waals surface area contributed by atoms with Crippen LogP contribution in [-0.2, 0) is 0 Å². The molecule has 2 aromatic carbocycles. The highest BCUT2D eigenvalue weighted by molar-refractivity contribution is 9.10. The Kier molecular flexibility index (Phi) is 5.09. The lowest BCUT2D eigenvalue weighted by molar-refractivity contribution is 0.405. The minimum absolute atomic E-state index is 0.687. The van der Waals surface area contributed by atoms with Crippen LogP contribution in [0.3, 0.4) is 0 Å². The van der Waals surface area contributed by atoms with Crippen LogP contribution in [0, 0.1) is 0 Å². The van der Waals surface area contributed by atoms with E-state index in [9.17, 15) is 0 Å². The number of aromatic amines is 1. The molecule has 0 aliphatic carbocycles. The summed E-state index contributed by atoms with van der Waals surface area (Å²) < 4.78 is 0.993. The summed E-state index contributed by atoms with van der Waals surface area (Å²) >= 11 is 3.72. The van der Waals surface area contributed by atoms with Crippen molar-refractivity contribution >= 4 is 43.6 Å². The maximum absolute atomic E-state index is 4.85. The molecule has 0 atom stereocenters. The Morgan fingerprint density at radius 1 is 1.00 bits per heavy atom. The quantitative estimate of drug-likeness (QED) is 0.432. The lowest BCUT2D eigenvalue weighted by Crippen LogP contribution is -2.16. The molecule has 6 heteroatoms. The second kappa shape index (κ2) is 7.66. The van der Waals surface area contributed by atoms with E-state index in [1.54, 1.807) is 0 Å². The summed E-state index contributed by atoms with van der Waals surface area (Å²) in [5, 5.41) is 5.67. The number of fused-ring (bicyclic) bond motifs is 2. The average Bonchev–Trinajstić information content (AvgIpc) is 3.02. The largest absolute Gasteiger partial charge is 0.369 e. The molecule has 0 spiro atoms. The average molecular weight is 424 g/mol. The van der Waals surface area contributed by atoms with Crippen molar-refractivity contribution in [2.75, 3.05) is 32.5 Å². The monoisotopic (exact) mass is 423 g/mol. The standard InChI is InChI=1S/C21H22BrN5/c1-27(2)13-7-12-23-20-15-9-4-6-11-17(15)25-21(26-20)19-18(22)14-8-3-5-10-16(14)24-19/h3-6,8-11,24H,7,12-13H2,1-2H3,(H,23,25,26). The van der Waals surface area contributed by atoms with Crippen molar-refractivity contribution in [3.63, 3.8) is 0 Å². The lowest BCUT2D eigenvalue weighted by atomic mass is 10.2. The van der Waals surface area contributed by atoms with Crippen LogP contribution in [0.2, 0.25) is 0 Å². The Hall–Kier alpha value is -2.44. The zero-order chi connectivity index (χ0) is 18.8. The van der Waals surface area contributed by atoms with Crippen molar-refractivity contribution in [2.24, 2.45) is 0 Å². The smallest absolute Gasteiger partial charge is 0.179 e. The molecular formula is C21H22BrN5. The summed E-state index contributed by atoms with van der Waals surface area (Å²) in [6.45, 7) is 1.91. The molecule has 0 saturated carbocycles. The molecule has 4 rings (SSSR count). The van der Waals surface area contributed by atoms with E-state index in [0.29, 0.717) is 5.82 Å². The molecule has 27 heavy (non-hydrogen) atoms. The van der Waals surface area contributed by atoms with Gasteiger partial charge in [-0.15, -0.1) is 0 Å². The normalized spacial score (nSPS) is 11.6. The number of halogens is 1. The van der Waals surface area contributed by atoms with Gasteiger partial charge in [0.05, 0.1) is 15.7 Å². The SMILES string of the molecule is CN(C)CCCNc1nc(-c2[nH]c3ccccc3c2Br)nc2ccccc12. The number of para-hydroxylation sites is 2. The van der Waals surface area contributed by atoms with Crippen molar-refractivity contribution in [3.8, 4) is 11.5 Å². The number of nitrogens with zero attached hydrogens (tertiary/aromatic N) is 3. The van der Waals surface area contributed by atoms with Gasteiger partial charge >= 0.3 is 0 Å². The van der Waals surface area contributed by atoms with Crippen LogP contribution in [0.25, 0.3) is 33.3 Å². The van der Waals surface area contributed by atoms with Gasteiger partial charge in [-0.3, -0.25) is 0 Å². The lowest BCUT2D eigenvalue weighted by Gasteiger charge is -2.12. The molecule has 5 nitrogen and oxygen atoms in total. The Morgan fingerprint density at radius 2 is 1.74 bits per heavy atom. The van der Waals surface area contributed by atoms with E-state index in [0.717, 1.165) is 57.3 Å². The number of aromatic nitrogens is 3. The fourth-order valence-electron chi connectivity index (χ4n) is 3.19. The van der Waals surface area contributed by atoms with Gasteiger partial charge in [0.15, 0.2) is 5.82 Å². The third-order valence-corrected chi connectivity index (χ3v) is 5.37. The summed E-state index contributed by atoms with van der Waals surface area (Å²) in [6, 6.07) is 16.3. The third-order valence-electron chi connectivity index (χ3n) is 4.54. The van der Waals surface area contributed by atoms with Gasteiger partial charge in [0, 0.05) is 22.8 Å². The van der Waals surface area contributed by atoms with Crippen molar-refractivity contribution in [3.05, 3.63) is 53.0 Å². The fraction of sp³-hybridized carbons (Fsp3) is 0.238. The minimum atomic E-state index is 0.687. The van der Waals surface area contributed by atoms with Gasteiger partial charge < -0.3 is 15.2 Å². The fourth-order valence-corrected chi connectivity index (χ4v) is 3.81. The number of H-pyrrole nitrogens is 1. The number of nitrogens with one attached hydrogen (secondary N) is 2. The molecule has 0 aliphatic heterocycles. The van der Waals surface area contributed by atoms with Crippen molar-refractivity contribution in [2.45, 2.75) is 6.42 Å². The molecule has 4 aromatic rings. The number of benzene rings is 2. The molecule has 0 unspecified atom stereocenters. The molecule has 0 bridgehead atoms.